The molecule has 0 aliphatic heterocycles. The lowest BCUT2D eigenvalue weighted by molar-refractivity contribution is -0.113. The average molecular weight is 451 g/mol. The van der Waals surface area contributed by atoms with Gasteiger partial charge in [-0.1, -0.05) is 53.2 Å². The van der Waals surface area contributed by atoms with Crippen LogP contribution in [-0.2, 0) is 11.3 Å². The zero-order chi connectivity index (χ0) is 20.8. The van der Waals surface area contributed by atoms with Gasteiger partial charge in [0.1, 0.15) is 5.75 Å². The highest BCUT2D eigenvalue weighted by Gasteiger charge is 2.19. The molecule has 2 aromatic carbocycles. The third-order valence-electron chi connectivity index (χ3n) is 4.02. The van der Waals surface area contributed by atoms with Crippen LogP contribution in [0.4, 0.5) is 5.69 Å². The van der Waals surface area contributed by atoms with Crippen molar-refractivity contribution in [2.45, 2.75) is 31.7 Å². The first-order valence-electron chi connectivity index (χ1n) is 9.00. The number of nitrogens with zero attached hydrogens (tertiary/aromatic N) is 3. The molecule has 29 heavy (non-hydrogen) atoms. The summed E-state index contributed by atoms with van der Waals surface area (Å²) in [5, 5.41) is 12.8. The van der Waals surface area contributed by atoms with E-state index >= 15 is 0 Å². The molecule has 0 saturated heterocycles. The second-order valence-electron chi connectivity index (χ2n) is 6.12. The van der Waals surface area contributed by atoms with Gasteiger partial charge in [0.2, 0.25) is 5.91 Å². The van der Waals surface area contributed by atoms with E-state index in [2.05, 4.69) is 15.5 Å². The number of anilines is 1. The molecule has 0 unspecified atom stereocenters. The maximum absolute atomic E-state index is 12.3. The van der Waals surface area contributed by atoms with Crippen LogP contribution in [0.1, 0.15) is 25.8 Å². The first-order chi connectivity index (χ1) is 14.0. The Kier molecular flexibility index (Phi) is 7.41. The van der Waals surface area contributed by atoms with Crippen LogP contribution >= 0.6 is 35.0 Å². The van der Waals surface area contributed by atoms with E-state index in [-0.39, 0.29) is 17.8 Å². The largest absolute Gasteiger partial charge is 0.483 e. The Hall–Kier alpha value is -2.22. The maximum atomic E-state index is 12.3. The summed E-state index contributed by atoms with van der Waals surface area (Å²) in [4.78, 5) is 12.3. The van der Waals surface area contributed by atoms with E-state index in [1.54, 1.807) is 18.2 Å². The van der Waals surface area contributed by atoms with Crippen molar-refractivity contribution in [3.63, 3.8) is 0 Å². The number of nitrogens with one attached hydrogen (secondary N) is 1. The van der Waals surface area contributed by atoms with Gasteiger partial charge in [-0.15, -0.1) is 10.2 Å². The number of carbonyl (C=O) groups is 1. The highest BCUT2D eigenvalue weighted by Crippen LogP contribution is 2.27. The minimum absolute atomic E-state index is 0.162. The lowest BCUT2D eigenvalue weighted by Gasteiger charge is -2.15. The molecule has 1 aromatic heterocycles. The molecule has 0 aliphatic carbocycles. The number of ether oxygens (including phenoxy) is 1. The van der Waals surface area contributed by atoms with Crippen molar-refractivity contribution in [3.05, 3.63) is 64.4 Å². The van der Waals surface area contributed by atoms with Crippen LogP contribution in [0.3, 0.4) is 0 Å². The molecule has 1 amide bonds. The summed E-state index contributed by atoms with van der Waals surface area (Å²) in [6, 6.07) is 14.5. The fourth-order valence-corrected chi connectivity index (χ4v) is 3.82. The molecule has 1 atom stereocenters. The first-order valence-corrected chi connectivity index (χ1v) is 10.7. The number of benzene rings is 2. The van der Waals surface area contributed by atoms with Gasteiger partial charge in [-0.25, -0.2) is 0 Å². The first kappa shape index (κ1) is 21.5. The number of carbonyl (C=O) groups excluding carboxylic acids is 1. The number of aromatic nitrogens is 3. The molecule has 0 spiro atoms. The van der Waals surface area contributed by atoms with Crippen LogP contribution in [0.25, 0.3) is 0 Å². The molecule has 3 aromatic rings. The highest BCUT2D eigenvalue weighted by molar-refractivity contribution is 7.99. The zero-order valence-electron chi connectivity index (χ0n) is 15.9. The topological polar surface area (TPSA) is 69.0 Å². The number of hydrogen-bond donors (Lipinski definition) is 1. The summed E-state index contributed by atoms with van der Waals surface area (Å²) in [6.45, 7) is 4.58. The average Bonchev–Trinajstić information content (AvgIpc) is 3.13. The van der Waals surface area contributed by atoms with Gasteiger partial charge in [0, 0.05) is 11.6 Å². The minimum Gasteiger partial charge on any atom is -0.483 e. The Morgan fingerprint density at radius 3 is 2.69 bits per heavy atom. The molecule has 0 bridgehead atoms. The molecule has 6 nitrogen and oxygen atoms in total. The summed E-state index contributed by atoms with van der Waals surface area (Å²) >= 11 is 13.3. The molecular weight excluding hydrogens is 431 g/mol. The van der Waals surface area contributed by atoms with Gasteiger partial charge >= 0.3 is 0 Å². The third kappa shape index (κ3) is 5.65. The van der Waals surface area contributed by atoms with Crippen LogP contribution < -0.4 is 10.1 Å². The summed E-state index contributed by atoms with van der Waals surface area (Å²) in [7, 11) is 0. The summed E-state index contributed by atoms with van der Waals surface area (Å²) < 4.78 is 7.89. The number of thioether (sulfide) groups is 1. The molecule has 0 aliphatic rings. The Morgan fingerprint density at radius 2 is 1.97 bits per heavy atom. The fourth-order valence-electron chi connectivity index (χ4n) is 2.67. The van der Waals surface area contributed by atoms with Gasteiger partial charge < -0.3 is 14.6 Å². The summed E-state index contributed by atoms with van der Waals surface area (Å²) in [5.74, 6) is 1.42. The minimum atomic E-state index is -0.279. The predicted octanol–water partition coefficient (Wildman–Crippen LogP) is 5.48. The van der Waals surface area contributed by atoms with Crippen molar-refractivity contribution in [2.24, 2.45) is 0 Å². The van der Waals surface area contributed by atoms with Gasteiger partial charge in [-0.3, -0.25) is 4.79 Å². The van der Waals surface area contributed by atoms with Crippen molar-refractivity contribution in [1.29, 1.82) is 0 Å². The Morgan fingerprint density at radius 1 is 1.21 bits per heavy atom. The molecule has 0 radical (unpaired) electrons. The van der Waals surface area contributed by atoms with Crippen LogP contribution in [0.5, 0.6) is 5.75 Å². The molecule has 0 saturated carbocycles. The summed E-state index contributed by atoms with van der Waals surface area (Å²) in [5.41, 5.74) is 0.479. The van der Waals surface area contributed by atoms with Crippen molar-refractivity contribution in [2.75, 3.05) is 11.1 Å². The zero-order valence-corrected chi connectivity index (χ0v) is 18.3. The van der Waals surface area contributed by atoms with Crippen LogP contribution in [0.15, 0.2) is 53.7 Å². The second-order valence-corrected chi connectivity index (χ2v) is 7.91. The van der Waals surface area contributed by atoms with E-state index in [4.69, 9.17) is 27.9 Å². The molecule has 1 heterocycles. The van der Waals surface area contributed by atoms with Crippen molar-refractivity contribution >= 4 is 46.6 Å². The standard InChI is InChI=1S/C20H20Cl2N4O2S/c1-3-26-19(13(2)28-15-7-5-4-6-8-15)24-25-20(26)29-12-18(27)23-17-11-14(21)9-10-16(17)22/h4-11,13H,3,12H2,1-2H3,(H,23,27)/t13-/m0/s1. The van der Waals surface area contributed by atoms with Gasteiger partial charge in [-0.05, 0) is 44.2 Å². The van der Waals surface area contributed by atoms with Crippen LogP contribution in [0.2, 0.25) is 10.0 Å². The van der Waals surface area contributed by atoms with E-state index < -0.39 is 0 Å². The molecule has 9 heteroatoms. The van der Waals surface area contributed by atoms with E-state index in [9.17, 15) is 4.79 Å². The van der Waals surface area contributed by atoms with Gasteiger partial charge in [0.15, 0.2) is 17.1 Å². The second kappa shape index (κ2) is 10.0. The quantitative estimate of drug-likeness (QED) is 0.460. The SMILES string of the molecule is CCn1c(SCC(=O)Nc2cc(Cl)ccc2Cl)nnc1[C@H](C)Oc1ccccc1. The van der Waals surface area contributed by atoms with Crippen molar-refractivity contribution in [1.82, 2.24) is 14.8 Å². The monoisotopic (exact) mass is 450 g/mol. The number of para-hydroxylation sites is 1. The number of amides is 1. The van der Waals surface area contributed by atoms with Gasteiger partial charge in [0.25, 0.3) is 0 Å². The van der Waals surface area contributed by atoms with Gasteiger partial charge in [0.05, 0.1) is 16.5 Å². The summed E-state index contributed by atoms with van der Waals surface area (Å²) in [6.07, 6.45) is -0.279. The van der Waals surface area contributed by atoms with Crippen LogP contribution in [0, 0.1) is 0 Å². The fraction of sp³-hybridized carbons (Fsp3) is 0.250. The normalized spacial score (nSPS) is 11.9. The third-order valence-corrected chi connectivity index (χ3v) is 5.55. The highest BCUT2D eigenvalue weighted by atomic mass is 35.5. The number of halogens is 2. The van der Waals surface area contributed by atoms with Crippen molar-refractivity contribution in [3.8, 4) is 5.75 Å². The van der Waals surface area contributed by atoms with E-state index in [1.807, 2.05) is 48.7 Å². The number of rotatable bonds is 8. The lowest BCUT2D eigenvalue weighted by Crippen LogP contribution is -2.15. The predicted molar refractivity (Wildman–Crippen MR) is 117 cm³/mol. The molecule has 0 fully saturated rings. The Bertz CT molecular complexity index is 982. The lowest BCUT2D eigenvalue weighted by atomic mass is 10.3. The van der Waals surface area contributed by atoms with E-state index in [0.717, 1.165) is 5.75 Å². The van der Waals surface area contributed by atoms with E-state index in [1.165, 1.54) is 11.8 Å². The van der Waals surface area contributed by atoms with Crippen LogP contribution in [-0.4, -0.2) is 26.4 Å². The van der Waals surface area contributed by atoms with Crippen molar-refractivity contribution < 1.29 is 9.53 Å². The molecular formula is C20H20Cl2N4O2S. The Labute approximate surface area is 183 Å². The molecule has 1 N–H and O–H groups in total. The Balaban J connectivity index is 1.64. The molecule has 3 rings (SSSR count). The number of hydrogen-bond acceptors (Lipinski definition) is 5. The van der Waals surface area contributed by atoms with Gasteiger partial charge in [-0.2, -0.15) is 0 Å². The van der Waals surface area contributed by atoms with E-state index in [0.29, 0.717) is 33.3 Å². The maximum Gasteiger partial charge on any atom is 0.234 e. The smallest absolute Gasteiger partial charge is 0.234 e. The molecule has 152 valence electrons.